The van der Waals surface area contributed by atoms with Gasteiger partial charge < -0.3 is 10.5 Å². The first-order valence-electron chi connectivity index (χ1n) is 6.36. The van der Waals surface area contributed by atoms with Crippen LogP contribution in [0.4, 0.5) is 5.82 Å². The van der Waals surface area contributed by atoms with Gasteiger partial charge >= 0.3 is 0 Å². The molecule has 2 N–H and O–H groups in total. The Morgan fingerprint density at radius 1 is 1.21 bits per heavy atom. The van der Waals surface area contributed by atoms with Crippen LogP contribution in [0, 0.1) is 5.92 Å². The molecule has 0 radical (unpaired) electrons. The van der Waals surface area contributed by atoms with Crippen molar-refractivity contribution < 1.29 is 4.74 Å². The maximum absolute atomic E-state index is 5.87. The van der Waals surface area contributed by atoms with E-state index in [1.807, 2.05) is 24.3 Å². The van der Waals surface area contributed by atoms with E-state index in [-0.39, 0.29) is 0 Å². The van der Waals surface area contributed by atoms with Gasteiger partial charge in [0.1, 0.15) is 11.6 Å². The molecule has 4 nitrogen and oxygen atoms in total. The van der Waals surface area contributed by atoms with Gasteiger partial charge in [0.15, 0.2) is 0 Å². The zero-order valence-corrected chi connectivity index (χ0v) is 11.6. The molecular formula is C15H19N3O. The summed E-state index contributed by atoms with van der Waals surface area (Å²) in [5, 5.41) is 0. The molecule has 2 aromatic rings. The zero-order chi connectivity index (χ0) is 13.8. The fraction of sp³-hybridized carbons (Fsp3) is 0.333. The van der Waals surface area contributed by atoms with Gasteiger partial charge in [-0.3, -0.25) is 0 Å². The van der Waals surface area contributed by atoms with Crippen LogP contribution in [0.5, 0.6) is 5.75 Å². The quantitative estimate of drug-likeness (QED) is 0.914. The van der Waals surface area contributed by atoms with E-state index in [0.717, 1.165) is 29.1 Å². The first-order valence-corrected chi connectivity index (χ1v) is 6.36. The molecule has 0 aliphatic carbocycles. The van der Waals surface area contributed by atoms with E-state index in [2.05, 4.69) is 23.8 Å². The van der Waals surface area contributed by atoms with Crippen LogP contribution >= 0.6 is 0 Å². The van der Waals surface area contributed by atoms with E-state index >= 15 is 0 Å². The van der Waals surface area contributed by atoms with E-state index in [1.54, 1.807) is 13.3 Å². The molecule has 4 heteroatoms. The highest BCUT2D eigenvalue weighted by molar-refractivity contribution is 5.60. The number of nitrogens with zero attached hydrogens (tertiary/aromatic N) is 2. The third-order valence-corrected chi connectivity index (χ3v) is 2.86. The van der Waals surface area contributed by atoms with E-state index in [4.69, 9.17) is 10.5 Å². The molecule has 0 atom stereocenters. The van der Waals surface area contributed by atoms with E-state index < -0.39 is 0 Å². The fourth-order valence-electron chi connectivity index (χ4n) is 1.87. The van der Waals surface area contributed by atoms with Gasteiger partial charge in [0.05, 0.1) is 24.7 Å². The lowest BCUT2D eigenvalue weighted by Crippen LogP contribution is -2.05. The van der Waals surface area contributed by atoms with Crippen LogP contribution in [0.1, 0.15) is 19.5 Å². The molecular weight excluding hydrogens is 238 g/mol. The second-order valence-corrected chi connectivity index (χ2v) is 4.91. The molecule has 0 fully saturated rings. The summed E-state index contributed by atoms with van der Waals surface area (Å²) in [4.78, 5) is 8.84. The van der Waals surface area contributed by atoms with Gasteiger partial charge in [-0.25, -0.2) is 9.97 Å². The standard InChI is InChI=1S/C15H19N3O/c1-10(2)8-13-15(16)17-9-14(18-13)11-4-6-12(19-3)7-5-11/h4-7,9-10H,8H2,1-3H3,(H2,16,17). The molecule has 0 saturated heterocycles. The predicted molar refractivity (Wildman–Crippen MR) is 77.0 cm³/mol. The van der Waals surface area contributed by atoms with E-state index in [0.29, 0.717) is 11.7 Å². The average molecular weight is 257 g/mol. The molecule has 1 aromatic carbocycles. The van der Waals surface area contributed by atoms with Crippen LogP contribution in [0.2, 0.25) is 0 Å². The number of aromatic nitrogens is 2. The second-order valence-electron chi connectivity index (χ2n) is 4.91. The third-order valence-electron chi connectivity index (χ3n) is 2.86. The van der Waals surface area contributed by atoms with Crippen molar-refractivity contribution in [3.8, 4) is 17.0 Å². The van der Waals surface area contributed by atoms with Crippen molar-refractivity contribution in [3.63, 3.8) is 0 Å². The van der Waals surface area contributed by atoms with Crippen molar-refractivity contribution in [3.05, 3.63) is 36.2 Å². The van der Waals surface area contributed by atoms with E-state index in [9.17, 15) is 0 Å². The normalized spacial score (nSPS) is 10.7. The minimum atomic E-state index is 0.503. The number of nitrogen functional groups attached to an aromatic ring is 1. The topological polar surface area (TPSA) is 61.0 Å². The number of ether oxygens (including phenoxy) is 1. The Hall–Kier alpha value is -2.10. The first-order chi connectivity index (χ1) is 9.10. The maximum atomic E-state index is 5.87. The molecule has 0 spiro atoms. The number of hydrogen-bond acceptors (Lipinski definition) is 4. The first kappa shape index (κ1) is 13.3. The highest BCUT2D eigenvalue weighted by atomic mass is 16.5. The Morgan fingerprint density at radius 3 is 2.47 bits per heavy atom. The molecule has 0 bridgehead atoms. The molecule has 2 rings (SSSR count). The summed E-state index contributed by atoms with van der Waals surface area (Å²) >= 11 is 0. The number of anilines is 1. The van der Waals surface area contributed by atoms with Crippen molar-refractivity contribution in [2.75, 3.05) is 12.8 Å². The summed E-state index contributed by atoms with van der Waals surface area (Å²) in [6, 6.07) is 7.77. The molecule has 1 heterocycles. The lowest BCUT2D eigenvalue weighted by atomic mass is 10.1. The predicted octanol–water partition coefficient (Wildman–Crippen LogP) is 2.93. The maximum Gasteiger partial charge on any atom is 0.145 e. The smallest absolute Gasteiger partial charge is 0.145 e. The van der Waals surface area contributed by atoms with Crippen molar-refractivity contribution in [1.29, 1.82) is 0 Å². The van der Waals surface area contributed by atoms with Gasteiger partial charge in [0.2, 0.25) is 0 Å². The molecule has 0 saturated carbocycles. The van der Waals surface area contributed by atoms with Gasteiger partial charge in [-0.05, 0) is 36.6 Å². The van der Waals surface area contributed by atoms with Crippen LogP contribution in [0.3, 0.4) is 0 Å². The highest BCUT2D eigenvalue weighted by Gasteiger charge is 2.08. The zero-order valence-electron chi connectivity index (χ0n) is 11.6. The summed E-state index contributed by atoms with van der Waals surface area (Å²) in [5.74, 6) is 1.85. The Kier molecular flexibility index (Phi) is 4.00. The van der Waals surface area contributed by atoms with Crippen molar-refractivity contribution in [1.82, 2.24) is 9.97 Å². The van der Waals surface area contributed by atoms with Gasteiger partial charge in [-0.1, -0.05) is 13.8 Å². The third kappa shape index (κ3) is 3.22. The summed E-state index contributed by atoms with van der Waals surface area (Å²) < 4.78 is 5.14. The molecule has 0 aliphatic rings. The van der Waals surface area contributed by atoms with E-state index in [1.165, 1.54) is 0 Å². The Labute approximate surface area is 113 Å². The fourth-order valence-corrected chi connectivity index (χ4v) is 1.87. The molecule has 0 unspecified atom stereocenters. The van der Waals surface area contributed by atoms with Crippen LogP contribution in [-0.2, 0) is 6.42 Å². The van der Waals surface area contributed by atoms with Crippen molar-refractivity contribution in [2.24, 2.45) is 5.92 Å². The van der Waals surface area contributed by atoms with Gasteiger partial charge in [-0.15, -0.1) is 0 Å². The number of rotatable bonds is 4. The Balaban J connectivity index is 2.33. The van der Waals surface area contributed by atoms with Crippen LogP contribution in [0.15, 0.2) is 30.5 Å². The van der Waals surface area contributed by atoms with Gasteiger partial charge in [-0.2, -0.15) is 0 Å². The summed E-state index contributed by atoms with van der Waals surface area (Å²) in [7, 11) is 1.65. The Morgan fingerprint density at radius 2 is 1.89 bits per heavy atom. The lowest BCUT2D eigenvalue weighted by Gasteiger charge is -2.09. The molecule has 1 aromatic heterocycles. The number of methoxy groups -OCH3 is 1. The van der Waals surface area contributed by atoms with Crippen molar-refractivity contribution in [2.45, 2.75) is 20.3 Å². The van der Waals surface area contributed by atoms with Gasteiger partial charge in [0.25, 0.3) is 0 Å². The summed E-state index contributed by atoms with van der Waals surface area (Å²) in [6.07, 6.45) is 2.55. The molecule has 0 aliphatic heterocycles. The van der Waals surface area contributed by atoms with Gasteiger partial charge in [0, 0.05) is 5.56 Å². The molecule has 0 amide bonds. The monoisotopic (exact) mass is 257 g/mol. The SMILES string of the molecule is COc1ccc(-c2cnc(N)c(CC(C)C)n2)cc1. The number of hydrogen-bond donors (Lipinski definition) is 1. The van der Waals surface area contributed by atoms with Crippen LogP contribution < -0.4 is 10.5 Å². The molecule has 19 heavy (non-hydrogen) atoms. The van der Waals surface area contributed by atoms with Crippen molar-refractivity contribution >= 4 is 5.82 Å². The average Bonchev–Trinajstić information content (AvgIpc) is 2.41. The molecule has 100 valence electrons. The minimum Gasteiger partial charge on any atom is -0.497 e. The number of nitrogens with two attached hydrogens (primary N) is 1. The highest BCUT2D eigenvalue weighted by Crippen LogP contribution is 2.22. The second kappa shape index (κ2) is 5.69. The lowest BCUT2D eigenvalue weighted by molar-refractivity contribution is 0.415. The Bertz CT molecular complexity index is 550. The van der Waals surface area contributed by atoms with Crippen LogP contribution in [-0.4, -0.2) is 17.1 Å². The number of benzene rings is 1. The van der Waals surface area contributed by atoms with Crippen LogP contribution in [0.25, 0.3) is 11.3 Å². The summed E-state index contributed by atoms with van der Waals surface area (Å²) in [6.45, 7) is 4.28. The largest absolute Gasteiger partial charge is 0.497 e. The minimum absolute atomic E-state index is 0.503. The summed E-state index contributed by atoms with van der Waals surface area (Å²) in [5.41, 5.74) is 8.58.